The van der Waals surface area contributed by atoms with Crippen molar-refractivity contribution in [1.29, 1.82) is 0 Å². The van der Waals surface area contributed by atoms with Gasteiger partial charge in [-0.05, 0) is 31.2 Å². The number of aliphatic hydroxyl groups excluding tert-OH is 1. The maximum atomic E-state index is 12.7. The average Bonchev–Trinajstić information content (AvgIpc) is 3.31. The van der Waals surface area contributed by atoms with E-state index < -0.39 is 0 Å². The average molecular weight is 286 g/mol. The summed E-state index contributed by atoms with van der Waals surface area (Å²) < 4.78 is 0. The van der Waals surface area contributed by atoms with E-state index in [1.165, 1.54) is 12.8 Å². The van der Waals surface area contributed by atoms with Gasteiger partial charge in [0.1, 0.15) is 0 Å². The second-order valence-electron chi connectivity index (χ2n) is 5.39. The quantitative estimate of drug-likeness (QED) is 0.815. The van der Waals surface area contributed by atoms with E-state index in [0.717, 1.165) is 19.5 Å². The summed E-state index contributed by atoms with van der Waals surface area (Å²) in [4.78, 5) is 18.7. The molecule has 21 heavy (non-hydrogen) atoms. The molecule has 0 unspecified atom stereocenters. The zero-order valence-electron chi connectivity index (χ0n) is 12.5. The molecule has 1 aromatic rings. The highest BCUT2D eigenvalue weighted by atomic mass is 16.2. The molecule has 0 atom stereocenters. The number of aliphatic hydroxyl groups is 1. The van der Waals surface area contributed by atoms with Crippen LogP contribution in [0.2, 0.25) is 0 Å². The molecule has 0 spiro atoms. The molecule has 1 saturated carbocycles. The minimum atomic E-state index is 0.0280. The first-order valence-corrected chi connectivity index (χ1v) is 7.59. The van der Waals surface area contributed by atoms with Crippen molar-refractivity contribution in [1.82, 2.24) is 9.88 Å². The third-order valence-electron chi connectivity index (χ3n) is 3.47. The van der Waals surface area contributed by atoms with Gasteiger partial charge < -0.3 is 10.0 Å². The molecule has 4 nitrogen and oxygen atoms in total. The summed E-state index contributed by atoms with van der Waals surface area (Å²) in [6, 6.07) is 1.74. The van der Waals surface area contributed by atoms with Crippen LogP contribution in [0.15, 0.2) is 18.5 Å². The molecule has 4 heteroatoms. The topological polar surface area (TPSA) is 53.4 Å². The van der Waals surface area contributed by atoms with Crippen molar-refractivity contribution in [2.24, 2.45) is 5.92 Å². The summed E-state index contributed by atoms with van der Waals surface area (Å²) in [5, 5.41) is 8.79. The molecule has 0 aromatic carbocycles. The van der Waals surface area contributed by atoms with Crippen molar-refractivity contribution in [3.05, 3.63) is 29.6 Å². The van der Waals surface area contributed by atoms with Crippen LogP contribution in [0.5, 0.6) is 0 Å². The van der Waals surface area contributed by atoms with Gasteiger partial charge in [-0.3, -0.25) is 9.78 Å². The third-order valence-corrected chi connectivity index (χ3v) is 3.47. The molecule has 1 aromatic heterocycles. The Bertz CT molecular complexity index is 541. The molecule has 1 fully saturated rings. The molecule has 2 rings (SSSR count). The van der Waals surface area contributed by atoms with Crippen molar-refractivity contribution >= 4 is 5.91 Å². The van der Waals surface area contributed by atoms with E-state index in [1.54, 1.807) is 18.5 Å². The van der Waals surface area contributed by atoms with Crippen molar-refractivity contribution < 1.29 is 9.90 Å². The molecule has 0 radical (unpaired) electrons. The second kappa shape index (κ2) is 7.80. The van der Waals surface area contributed by atoms with Gasteiger partial charge in [0.2, 0.25) is 0 Å². The maximum Gasteiger partial charge on any atom is 0.255 e. The standard InChI is InChI=1S/C17H22N2O2/c1-2-10-19(13-14-6-7-14)17(21)16-8-9-18-12-15(16)5-3-4-11-20/h8-9,12,14,20H,2,4,6-7,10-11,13H2,1H3. The van der Waals surface area contributed by atoms with E-state index in [0.29, 0.717) is 23.5 Å². The smallest absolute Gasteiger partial charge is 0.255 e. The van der Waals surface area contributed by atoms with Crippen LogP contribution in [0.3, 0.4) is 0 Å². The maximum absolute atomic E-state index is 12.7. The molecule has 1 aliphatic carbocycles. The molecule has 1 amide bonds. The summed E-state index contributed by atoms with van der Waals surface area (Å²) >= 11 is 0. The number of carbonyl (C=O) groups excluding carboxylic acids is 1. The minimum Gasteiger partial charge on any atom is -0.395 e. The predicted molar refractivity (Wildman–Crippen MR) is 81.7 cm³/mol. The van der Waals surface area contributed by atoms with Gasteiger partial charge >= 0.3 is 0 Å². The Morgan fingerprint density at radius 3 is 3.00 bits per heavy atom. The Morgan fingerprint density at radius 1 is 1.52 bits per heavy atom. The zero-order valence-corrected chi connectivity index (χ0v) is 12.5. The van der Waals surface area contributed by atoms with Gasteiger partial charge in [-0.25, -0.2) is 0 Å². The number of hydrogen-bond acceptors (Lipinski definition) is 3. The van der Waals surface area contributed by atoms with E-state index in [4.69, 9.17) is 5.11 Å². The molecule has 1 N–H and O–H groups in total. The molecule has 112 valence electrons. The number of pyridine rings is 1. The second-order valence-corrected chi connectivity index (χ2v) is 5.39. The van der Waals surface area contributed by atoms with Crippen LogP contribution in [0.25, 0.3) is 0 Å². The third kappa shape index (κ3) is 4.57. The first-order chi connectivity index (χ1) is 10.3. The number of amides is 1. The monoisotopic (exact) mass is 286 g/mol. The number of nitrogens with zero attached hydrogens (tertiary/aromatic N) is 2. The number of aromatic nitrogens is 1. The fourth-order valence-electron chi connectivity index (χ4n) is 2.22. The number of carbonyl (C=O) groups is 1. The fourth-order valence-corrected chi connectivity index (χ4v) is 2.22. The van der Waals surface area contributed by atoms with Crippen LogP contribution >= 0.6 is 0 Å². The Hall–Kier alpha value is -1.86. The van der Waals surface area contributed by atoms with Gasteiger partial charge in [-0.1, -0.05) is 18.8 Å². The van der Waals surface area contributed by atoms with Gasteiger partial charge in [0.25, 0.3) is 5.91 Å². The Kier molecular flexibility index (Phi) is 5.77. The van der Waals surface area contributed by atoms with Crippen molar-refractivity contribution in [3.63, 3.8) is 0 Å². The summed E-state index contributed by atoms with van der Waals surface area (Å²) in [5.74, 6) is 6.51. The fraction of sp³-hybridized carbons (Fsp3) is 0.529. The molecule has 1 heterocycles. The minimum absolute atomic E-state index is 0.0280. The van der Waals surface area contributed by atoms with Gasteiger partial charge in [-0.2, -0.15) is 0 Å². The number of hydrogen-bond donors (Lipinski definition) is 1. The van der Waals surface area contributed by atoms with Crippen molar-refractivity contribution in [2.45, 2.75) is 32.6 Å². The highest BCUT2D eigenvalue weighted by Crippen LogP contribution is 2.30. The largest absolute Gasteiger partial charge is 0.395 e. The van der Waals surface area contributed by atoms with E-state index in [1.807, 2.05) is 4.90 Å². The Morgan fingerprint density at radius 2 is 2.33 bits per heavy atom. The van der Waals surface area contributed by atoms with E-state index in [2.05, 4.69) is 23.7 Å². The van der Waals surface area contributed by atoms with E-state index in [-0.39, 0.29) is 12.5 Å². The lowest BCUT2D eigenvalue weighted by Gasteiger charge is -2.22. The molecule has 1 aliphatic rings. The van der Waals surface area contributed by atoms with E-state index >= 15 is 0 Å². The van der Waals surface area contributed by atoms with Gasteiger partial charge in [0.15, 0.2) is 0 Å². The van der Waals surface area contributed by atoms with Crippen LogP contribution in [-0.4, -0.2) is 40.6 Å². The SMILES string of the molecule is CCCN(CC1CC1)C(=O)c1ccncc1C#CCCO. The first kappa shape index (κ1) is 15.5. The summed E-state index contributed by atoms with van der Waals surface area (Å²) in [7, 11) is 0. The van der Waals surface area contributed by atoms with Gasteiger partial charge in [0, 0.05) is 31.9 Å². The van der Waals surface area contributed by atoms with E-state index in [9.17, 15) is 4.79 Å². The van der Waals surface area contributed by atoms with Gasteiger partial charge in [-0.15, -0.1) is 0 Å². The van der Waals surface area contributed by atoms with Gasteiger partial charge in [0.05, 0.1) is 17.7 Å². The Labute approximate surface area is 126 Å². The van der Waals surface area contributed by atoms with Crippen LogP contribution in [0.4, 0.5) is 0 Å². The van der Waals surface area contributed by atoms with Crippen LogP contribution in [0, 0.1) is 17.8 Å². The van der Waals surface area contributed by atoms with Crippen LogP contribution in [0.1, 0.15) is 48.5 Å². The Balaban J connectivity index is 2.18. The van der Waals surface area contributed by atoms with Crippen molar-refractivity contribution in [3.8, 4) is 11.8 Å². The normalized spacial score (nSPS) is 13.4. The zero-order chi connectivity index (χ0) is 15.1. The summed E-state index contributed by atoms with van der Waals surface area (Å²) in [5.41, 5.74) is 1.26. The van der Waals surface area contributed by atoms with Crippen LogP contribution in [-0.2, 0) is 0 Å². The molecular formula is C17H22N2O2. The lowest BCUT2D eigenvalue weighted by atomic mass is 10.1. The molecular weight excluding hydrogens is 264 g/mol. The van der Waals surface area contributed by atoms with Crippen LogP contribution < -0.4 is 0 Å². The molecule has 0 aliphatic heterocycles. The lowest BCUT2D eigenvalue weighted by molar-refractivity contribution is 0.0747. The first-order valence-electron chi connectivity index (χ1n) is 7.59. The summed E-state index contributed by atoms with van der Waals surface area (Å²) in [6.07, 6.45) is 7.07. The lowest BCUT2D eigenvalue weighted by Crippen LogP contribution is -2.34. The molecule has 0 saturated heterocycles. The highest BCUT2D eigenvalue weighted by Gasteiger charge is 2.27. The molecule has 0 bridgehead atoms. The number of rotatable bonds is 6. The van der Waals surface area contributed by atoms with Crippen molar-refractivity contribution in [2.75, 3.05) is 19.7 Å². The highest BCUT2D eigenvalue weighted by molar-refractivity contribution is 5.96. The summed E-state index contributed by atoms with van der Waals surface area (Å²) in [6.45, 7) is 3.74. The predicted octanol–water partition coefficient (Wildman–Crippen LogP) is 2.08.